The summed E-state index contributed by atoms with van der Waals surface area (Å²) in [6.07, 6.45) is 2.68. The third-order valence-electron chi connectivity index (χ3n) is 3.31. The Balaban J connectivity index is 2.12. The first kappa shape index (κ1) is 14.9. The van der Waals surface area contributed by atoms with Crippen LogP contribution >= 0.6 is 0 Å². The fourth-order valence-electron chi connectivity index (χ4n) is 2.22. The van der Waals surface area contributed by atoms with Gasteiger partial charge < -0.3 is 16.0 Å². The molecule has 0 aromatic heterocycles. The van der Waals surface area contributed by atoms with Crippen LogP contribution < -0.4 is 16.4 Å². The van der Waals surface area contributed by atoms with Gasteiger partial charge in [0.1, 0.15) is 0 Å². The first-order valence-electron chi connectivity index (χ1n) is 6.64. The van der Waals surface area contributed by atoms with Gasteiger partial charge in [0.25, 0.3) is 0 Å². The molecule has 1 fully saturated rings. The van der Waals surface area contributed by atoms with Gasteiger partial charge in [0, 0.05) is 13.0 Å². The number of carbonyl (C=O) groups is 2. The summed E-state index contributed by atoms with van der Waals surface area (Å²) < 4.78 is 0. The van der Waals surface area contributed by atoms with Crippen molar-refractivity contribution < 1.29 is 9.59 Å². The zero-order chi connectivity index (χ0) is 13.4. The number of urea groups is 1. The molecule has 0 atom stereocenters. The SMILES string of the molecule is CCNCC1CCN(CCC(=O)NC(N)=O)CC1. The van der Waals surface area contributed by atoms with E-state index in [1.807, 2.05) is 0 Å². The highest BCUT2D eigenvalue weighted by Crippen LogP contribution is 2.16. The number of likely N-dealkylation sites (tertiary alicyclic amines) is 1. The molecule has 4 N–H and O–H groups in total. The van der Waals surface area contributed by atoms with Crippen molar-refractivity contribution in [2.45, 2.75) is 26.2 Å². The highest BCUT2D eigenvalue weighted by Gasteiger charge is 2.19. The first-order valence-corrected chi connectivity index (χ1v) is 6.64. The lowest BCUT2D eigenvalue weighted by molar-refractivity contribution is -0.120. The van der Waals surface area contributed by atoms with Crippen LogP contribution in [0.5, 0.6) is 0 Å². The largest absolute Gasteiger partial charge is 0.351 e. The zero-order valence-corrected chi connectivity index (χ0v) is 11.1. The summed E-state index contributed by atoms with van der Waals surface area (Å²) in [5, 5.41) is 5.45. The minimum atomic E-state index is -0.774. The lowest BCUT2D eigenvalue weighted by Crippen LogP contribution is -2.40. The lowest BCUT2D eigenvalue weighted by Gasteiger charge is -2.31. The van der Waals surface area contributed by atoms with E-state index < -0.39 is 6.03 Å². The quantitative estimate of drug-likeness (QED) is 0.619. The van der Waals surface area contributed by atoms with Crippen LogP contribution in [-0.4, -0.2) is 49.6 Å². The van der Waals surface area contributed by atoms with Crippen LogP contribution in [0.1, 0.15) is 26.2 Å². The Labute approximate surface area is 108 Å². The van der Waals surface area contributed by atoms with Crippen LogP contribution in [0.15, 0.2) is 0 Å². The number of hydrogen-bond donors (Lipinski definition) is 3. The molecule has 0 saturated carbocycles. The average Bonchev–Trinajstić information content (AvgIpc) is 2.34. The molecule has 0 radical (unpaired) electrons. The van der Waals surface area contributed by atoms with Gasteiger partial charge in [-0.3, -0.25) is 10.1 Å². The van der Waals surface area contributed by atoms with Crippen molar-refractivity contribution in [1.82, 2.24) is 15.5 Å². The number of rotatable bonds is 6. The molecule has 0 unspecified atom stereocenters. The van der Waals surface area contributed by atoms with Crippen LogP contribution in [0, 0.1) is 5.92 Å². The van der Waals surface area contributed by atoms with Crippen LogP contribution in [0.3, 0.4) is 0 Å². The molecule has 0 aromatic carbocycles. The lowest BCUT2D eigenvalue weighted by atomic mass is 9.96. The van der Waals surface area contributed by atoms with Gasteiger partial charge in [0.2, 0.25) is 5.91 Å². The summed E-state index contributed by atoms with van der Waals surface area (Å²) in [4.78, 5) is 24.0. The van der Waals surface area contributed by atoms with Gasteiger partial charge in [-0.15, -0.1) is 0 Å². The van der Waals surface area contributed by atoms with Gasteiger partial charge in [-0.1, -0.05) is 6.92 Å². The Morgan fingerprint density at radius 2 is 2.00 bits per heavy atom. The number of carbonyl (C=O) groups excluding carboxylic acids is 2. The molecule has 18 heavy (non-hydrogen) atoms. The third kappa shape index (κ3) is 5.97. The van der Waals surface area contributed by atoms with Crippen molar-refractivity contribution in [2.24, 2.45) is 11.7 Å². The Morgan fingerprint density at radius 3 is 2.56 bits per heavy atom. The number of nitrogens with two attached hydrogens (primary N) is 1. The molecule has 0 aliphatic carbocycles. The predicted octanol–water partition coefficient (Wildman–Crippen LogP) is -0.107. The van der Waals surface area contributed by atoms with Crippen LogP contribution in [0.25, 0.3) is 0 Å². The van der Waals surface area contributed by atoms with Crippen molar-refractivity contribution in [3.63, 3.8) is 0 Å². The second-order valence-electron chi connectivity index (χ2n) is 4.76. The van der Waals surface area contributed by atoms with E-state index in [0.29, 0.717) is 13.0 Å². The molecule has 6 nitrogen and oxygen atoms in total. The van der Waals surface area contributed by atoms with Crippen LogP contribution in [-0.2, 0) is 4.79 Å². The minimum Gasteiger partial charge on any atom is -0.351 e. The maximum atomic E-state index is 11.3. The summed E-state index contributed by atoms with van der Waals surface area (Å²) in [5.41, 5.74) is 4.88. The normalized spacial score (nSPS) is 17.6. The van der Waals surface area contributed by atoms with Gasteiger partial charge in [-0.25, -0.2) is 4.79 Å². The monoisotopic (exact) mass is 256 g/mol. The fourth-order valence-corrected chi connectivity index (χ4v) is 2.22. The first-order chi connectivity index (χ1) is 8.61. The summed E-state index contributed by atoms with van der Waals surface area (Å²) in [7, 11) is 0. The van der Waals surface area contributed by atoms with Crippen molar-refractivity contribution in [1.29, 1.82) is 0 Å². The maximum absolute atomic E-state index is 11.3. The molecule has 3 amide bonds. The highest BCUT2D eigenvalue weighted by molar-refractivity contribution is 5.93. The van der Waals surface area contributed by atoms with Gasteiger partial charge in [0.15, 0.2) is 0 Å². The number of primary amides is 1. The van der Waals surface area contributed by atoms with Crippen molar-refractivity contribution >= 4 is 11.9 Å². The van der Waals surface area contributed by atoms with Crippen molar-refractivity contribution in [2.75, 3.05) is 32.7 Å². The van der Waals surface area contributed by atoms with Gasteiger partial charge in [0.05, 0.1) is 0 Å². The Hall–Kier alpha value is -1.14. The molecule has 1 saturated heterocycles. The van der Waals surface area contributed by atoms with Crippen LogP contribution in [0.2, 0.25) is 0 Å². The van der Waals surface area contributed by atoms with Crippen LogP contribution in [0.4, 0.5) is 4.79 Å². The van der Waals surface area contributed by atoms with E-state index in [9.17, 15) is 9.59 Å². The number of amides is 3. The second kappa shape index (κ2) is 8.05. The zero-order valence-electron chi connectivity index (χ0n) is 11.1. The minimum absolute atomic E-state index is 0.294. The molecule has 1 rings (SSSR count). The van der Waals surface area contributed by atoms with E-state index in [0.717, 1.165) is 32.1 Å². The standard InChI is InChI=1S/C12H24N4O2/c1-2-14-9-10-3-6-16(7-4-10)8-5-11(17)15-12(13)18/h10,14H,2-9H2,1H3,(H3,13,15,17,18). The Kier molecular flexibility index (Phi) is 6.67. The Bertz CT molecular complexity index is 275. The van der Waals surface area contributed by atoms with Gasteiger partial charge >= 0.3 is 6.03 Å². The van der Waals surface area contributed by atoms with E-state index in [1.165, 1.54) is 12.8 Å². The molecule has 104 valence electrons. The summed E-state index contributed by atoms with van der Waals surface area (Å²) in [6.45, 7) is 6.99. The molecule has 1 aliphatic heterocycles. The molecule has 1 aliphatic rings. The molecule has 0 bridgehead atoms. The molecular formula is C12H24N4O2. The van der Waals surface area contributed by atoms with E-state index in [2.05, 4.69) is 22.5 Å². The summed E-state index contributed by atoms with van der Waals surface area (Å²) in [6, 6.07) is -0.774. The van der Waals surface area contributed by atoms with Crippen molar-refractivity contribution in [3.05, 3.63) is 0 Å². The average molecular weight is 256 g/mol. The highest BCUT2D eigenvalue weighted by atomic mass is 16.2. The van der Waals surface area contributed by atoms with E-state index in [-0.39, 0.29) is 5.91 Å². The topological polar surface area (TPSA) is 87.5 Å². The molecule has 0 spiro atoms. The molecule has 0 aromatic rings. The number of nitrogens with zero attached hydrogens (tertiary/aromatic N) is 1. The number of hydrogen-bond acceptors (Lipinski definition) is 4. The molecule has 6 heteroatoms. The second-order valence-corrected chi connectivity index (χ2v) is 4.76. The molecular weight excluding hydrogens is 232 g/mol. The third-order valence-corrected chi connectivity index (χ3v) is 3.31. The van der Waals surface area contributed by atoms with E-state index in [4.69, 9.17) is 5.73 Å². The van der Waals surface area contributed by atoms with Gasteiger partial charge in [-0.2, -0.15) is 0 Å². The molecule has 1 heterocycles. The fraction of sp³-hybridized carbons (Fsp3) is 0.833. The Morgan fingerprint density at radius 1 is 1.33 bits per heavy atom. The smallest absolute Gasteiger partial charge is 0.318 e. The van der Waals surface area contributed by atoms with Crippen molar-refractivity contribution in [3.8, 4) is 0 Å². The van der Waals surface area contributed by atoms with E-state index >= 15 is 0 Å². The number of piperidine rings is 1. The maximum Gasteiger partial charge on any atom is 0.318 e. The van der Waals surface area contributed by atoms with Gasteiger partial charge in [-0.05, 0) is 44.9 Å². The van der Waals surface area contributed by atoms with E-state index in [1.54, 1.807) is 0 Å². The summed E-state index contributed by atoms with van der Waals surface area (Å²) >= 11 is 0. The number of imide groups is 1. The summed E-state index contributed by atoms with van der Waals surface area (Å²) in [5.74, 6) is 0.456. The number of nitrogens with one attached hydrogen (secondary N) is 2. The predicted molar refractivity (Wildman–Crippen MR) is 70.1 cm³/mol.